The number of hydrogen-bond donors (Lipinski definition) is 3. The average Bonchev–Trinajstić information content (AvgIpc) is 2.55. The molecule has 4 heteroatoms. The van der Waals surface area contributed by atoms with Crippen molar-refractivity contribution < 1.29 is 9.90 Å². The molecule has 0 saturated carbocycles. The molecule has 2 atom stereocenters. The number of rotatable bonds is 2. The average molecular weight is 206 g/mol. The van der Waals surface area contributed by atoms with Crippen LogP contribution in [0, 0.1) is 0 Å². The molecule has 2 rings (SSSR count). The quantitative estimate of drug-likeness (QED) is 0.623. The van der Waals surface area contributed by atoms with Gasteiger partial charge in [0.25, 0.3) is 0 Å². The summed E-state index contributed by atoms with van der Waals surface area (Å²) >= 11 is 0. The van der Waals surface area contributed by atoms with Crippen molar-refractivity contribution >= 4 is 5.91 Å². The molecule has 1 aromatic carbocycles. The number of aliphatic hydroxyl groups is 1. The molecule has 0 aliphatic heterocycles. The Kier molecular flexibility index (Phi) is 2.70. The fraction of sp³-hybridized carbons (Fsp3) is 0.364. The van der Waals surface area contributed by atoms with Crippen molar-refractivity contribution in [3.8, 4) is 0 Å². The summed E-state index contributed by atoms with van der Waals surface area (Å²) in [5.41, 5.74) is 7.30. The van der Waals surface area contributed by atoms with Crippen molar-refractivity contribution in [2.45, 2.75) is 18.6 Å². The maximum absolute atomic E-state index is 11.2. The summed E-state index contributed by atoms with van der Waals surface area (Å²) in [6.45, 7) is -0.0502. The highest BCUT2D eigenvalue weighted by molar-refractivity contribution is 5.78. The highest BCUT2D eigenvalue weighted by atomic mass is 16.3. The Labute approximate surface area is 88.1 Å². The Hall–Kier alpha value is -1.39. The van der Waals surface area contributed by atoms with Gasteiger partial charge < -0.3 is 16.2 Å². The molecule has 4 nitrogen and oxygen atoms in total. The zero-order valence-electron chi connectivity index (χ0n) is 8.31. The van der Waals surface area contributed by atoms with Crippen LogP contribution in [-0.4, -0.2) is 23.7 Å². The lowest BCUT2D eigenvalue weighted by molar-refractivity contribution is -0.121. The smallest absolute Gasteiger partial charge is 0.234 e. The Morgan fingerprint density at radius 2 is 2.27 bits per heavy atom. The van der Waals surface area contributed by atoms with E-state index in [1.165, 1.54) is 0 Å². The Morgan fingerprint density at radius 1 is 1.53 bits per heavy atom. The molecule has 0 radical (unpaired) electrons. The van der Waals surface area contributed by atoms with Crippen LogP contribution in [-0.2, 0) is 11.2 Å². The SMILES string of the molecule is NCC(=O)NC1c2ccccc2CC1O. The Bertz CT molecular complexity index is 379. The number of nitrogens with two attached hydrogens (primary N) is 1. The number of carbonyl (C=O) groups excluding carboxylic acids is 1. The van der Waals surface area contributed by atoms with Crippen LogP contribution in [0.5, 0.6) is 0 Å². The van der Waals surface area contributed by atoms with Crippen LogP contribution in [0.2, 0.25) is 0 Å². The lowest BCUT2D eigenvalue weighted by Crippen LogP contribution is -2.37. The number of carbonyl (C=O) groups is 1. The minimum Gasteiger partial charge on any atom is -0.390 e. The predicted molar refractivity (Wildman–Crippen MR) is 56.1 cm³/mol. The van der Waals surface area contributed by atoms with Crippen LogP contribution in [0.15, 0.2) is 24.3 Å². The molecule has 1 aliphatic carbocycles. The van der Waals surface area contributed by atoms with E-state index in [9.17, 15) is 9.90 Å². The van der Waals surface area contributed by atoms with Crippen molar-refractivity contribution in [2.75, 3.05) is 6.54 Å². The lowest BCUT2D eigenvalue weighted by Gasteiger charge is -2.17. The lowest BCUT2D eigenvalue weighted by atomic mass is 10.1. The molecule has 0 bridgehead atoms. The second kappa shape index (κ2) is 4.00. The summed E-state index contributed by atoms with van der Waals surface area (Å²) in [7, 11) is 0. The zero-order valence-corrected chi connectivity index (χ0v) is 8.31. The summed E-state index contributed by atoms with van der Waals surface area (Å²) in [6.07, 6.45) is 0.0454. The van der Waals surface area contributed by atoms with Gasteiger partial charge in [-0.3, -0.25) is 4.79 Å². The van der Waals surface area contributed by atoms with Gasteiger partial charge in [0, 0.05) is 6.42 Å². The van der Waals surface area contributed by atoms with E-state index in [4.69, 9.17) is 5.73 Å². The monoisotopic (exact) mass is 206 g/mol. The second-order valence-electron chi connectivity index (χ2n) is 3.72. The van der Waals surface area contributed by atoms with Crippen molar-refractivity contribution in [3.63, 3.8) is 0 Å². The normalized spacial score (nSPS) is 23.6. The number of hydrogen-bond acceptors (Lipinski definition) is 3. The fourth-order valence-corrected chi connectivity index (χ4v) is 1.98. The highest BCUT2D eigenvalue weighted by Crippen LogP contribution is 2.30. The Morgan fingerprint density at radius 3 is 3.00 bits per heavy atom. The second-order valence-corrected chi connectivity index (χ2v) is 3.72. The largest absolute Gasteiger partial charge is 0.390 e. The third-order valence-electron chi connectivity index (χ3n) is 2.71. The van der Waals surface area contributed by atoms with Crippen LogP contribution in [0.4, 0.5) is 0 Å². The third-order valence-corrected chi connectivity index (χ3v) is 2.71. The van der Waals surface area contributed by atoms with E-state index in [1.807, 2.05) is 24.3 Å². The van der Waals surface area contributed by atoms with Gasteiger partial charge in [-0.2, -0.15) is 0 Å². The summed E-state index contributed by atoms with van der Waals surface area (Å²) in [6, 6.07) is 7.41. The molecule has 0 fully saturated rings. The van der Waals surface area contributed by atoms with Gasteiger partial charge in [-0.25, -0.2) is 0 Å². The number of nitrogens with one attached hydrogen (secondary N) is 1. The molecule has 0 spiro atoms. The van der Waals surface area contributed by atoms with E-state index in [2.05, 4.69) is 5.32 Å². The highest BCUT2D eigenvalue weighted by Gasteiger charge is 2.31. The maximum Gasteiger partial charge on any atom is 0.234 e. The molecule has 0 saturated heterocycles. The first-order valence-corrected chi connectivity index (χ1v) is 4.97. The van der Waals surface area contributed by atoms with E-state index < -0.39 is 6.10 Å². The van der Waals surface area contributed by atoms with E-state index in [1.54, 1.807) is 0 Å². The molecule has 4 N–H and O–H groups in total. The molecule has 1 aromatic rings. The topological polar surface area (TPSA) is 75.4 Å². The standard InChI is InChI=1S/C11H14N2O2/c12-6-10(15)13-11-8-4-2-1-3-7(8)5-9(11)14/h1-4,9,11,14H,5-6,12H2,(H,13,15). The first-order chi connectivity index (χ1) is 7.22. The summed E-state index contributed by atoms with van der Waals surface area (Å²) in [4.78, 5) is 11.2. The first kappa shape index (κ1) is 10.1. The molecule has 1 amide bonds. The number of fused-ring (bicyclic) bond motifs is 1. The minimum absolute atomic E-state index is 0.0502. The van der Waals surface area contributed by atoms with Crippen molar-refractivity contribution in [3.05, 3.63) is 35.4 Å². The van der Waals surface area contributed by atoms with Gasteiger partial charge in [0.15, 0.2) is 0 Å². The van der Waals surface area contributed by atoms with E-state index >= 15 is 0 Å². The zero-order chi connectivity index (χ0) is 10.8. The molecule has 80 valence electrons. The van der Waals surface area contributed by atoms with Crippen molar-refractivity contribution in [2.24, 2.45) is 5.73 Å². The van der Waals surface area contributed by atoms with Gasteiger partial charge in [0.2, 0.25) is 5.91 Å². The molecule has 2 unspecified atom stereocenters. The molecular weight excluding hydrogens is 192 g/mol. The first-order valence-electron chi connectivity index (χ1n) is 4.97. The van der Waals surface area contributed by atoms with E-state index in [0.717, 1.165) is 11.1 Å². The van der Waals surface area contributed by atoms with Gasteiger partial charge in [0.1, 0.15) is 0 Å². The van der Waals surface area contributed by atoms with Crippen molar-refractivity contribution in [1.29, 1.82) is 0 Å². The van der Waals surface area contributed by atoms with Gasteiger partial charge >= 0.3 is 0 Å². The summed E-state index contributed by atoms with van der Waals surface area (Å²) in [5, 5.41) is 12.5. The van der Waals surface area contributed by atoms with Crippen LogP contribution < -0.4 is 11.1 Å². The third kappa shape index (κ3) is 1.86. The fourth-order valence-electron chi connectivity index (χ4n) is 1.98. The molecular formula is C11H14N2O2. The van der Waals surface area contributed by atoms with Crippen LogP contribution >= 0.6 is 0 Å². The number of aliphatic hydroxyl groups excluding tert-OH is 1. The number of amides is 1. The van der Waals surface area contributed by atoms with Gasteiger partial charge in [-0.15, -0.1) is 0 Å². The van der Waals surface area contributed by atoms with Gasteiger partial charge in [0.05, 0.1) is 18.7 Å². The molecule has 0 heterocycles. The summed E-state index contributed by atoms with van der Waals surface area (Å²) in [5.74, 6) is -0.240. The molecule has 1 aliphatic rings. The Balaban J connectivity index is 2.22. The van der Waals surface area contributed by atoms with Crippen molar-refractivity contribution in [1.82, 2.24) is 5.32 Å². The van der Waals surface area contributed by atoms with Crippen LogP contribution in [0.3, 0.4) is 0 Å². The van der Waals surface area contributed by atoms with Crippen LogP contribution in [0.25, 0.3) is 0 Å². The molecule has 0 aromatic heterocycles. The minimum atomic E-state index is -0.544. The maximum atomic E-state index is 11.2. The molecule has 15 heavy (non-hydrogen) atoms. The van der Waals surface area contributed by atoms with Gasteiger partial charge in [-0.05, 0) is 11.1 Å². The van der Waals surface area contributed by atoms with Crippen LogP contribution in [0.1, 0.15) is 17.2 Å². The summed E-state index contributed by atoms with van der Waals surface area (Å²) < 4.78 is 0. The number of benzene rings is 1. The van der Waals surface area contributed by atoms with E-state index in [0.29, 0.717) is 6.42 Å². The van der Waals surface area contributed by atoms with Gasteiger partial charge in [-0.1, -0.05) is 24.3 Å². The van der Waals surface area contributed by atoms with E-state index in [-0.39, 0.29) is 18.5 Å². The predicted octanol–water partition coefficient (Wildman–Crippen LogP) is -0.280.